The summed E-state index contributed by atoms with van der Waals surface area (Å²) in [6.07, 6.45) is 0.653. The van der Waals surface area contributed by atoms with Crippen LogP contribution < -0.4 is 5.73 Å². The number of carbonyl (C=O) groups is 1. The SMILES string of the molecule is COC(C)(C)CCOC(=O)c1sccc1N. The third kappa shape index (κ3) is 3.50. The number of esters is 1. The van der Waals surface area contributed by atoms with Crippen LogP contribution in [-0.2, 0) is 9.47 Å². The first-order valence-electron chi connectivity index (χ1n) is 5.01. The molecule has 1 aromatic heterocycles. The number of nitrogen functional groups attached to an aromatic ring is 1. The Morgan fingerprint density at radius 2 is 2.25 bits per heavy atom. The van der Waals surface area contributed by atoms with E-state index in [9.17, 15) is 4.79 Å². The molecule has 0 aliphatic heterocycles. The predicted octanol–water partition coefficient (Wildman–Crippen LogP) is 2.30. The summed E-state index contributed by atoms with van der Waals surface area (Å²) in [4.78, 5) is 12.0. The van der Waals surface area contributed by atoms with Gasteiger partial charge in [-0.05, 0) is 25.3 Å². The fourth-order valence-corrected chi connectivity index (χ4v) is 1.75. The normalized spacial score (nSPS) is 11.4. The maximum absolute atomic E-state index is 11.6. The Hall–Kier alpha value is -1.07. The molecule has 0 unspecified atom stereocenters. The number of nitrogens with two attached hydrogens (primary N) is 1. The van der Waals surface area contributed by atoms with E-state index in [1.807, 2.05) is 13.8 Å². The first-order chi connectivity index (χ1) is 7.46. The summed E-state index contributed by atoms with van der Waals surface area (Å²) in [6, 6.07) is 1.69. The van der Waals surface area contributed by atoms with Crippen LogP contribution in [0.1, 0.15) is 29.9 Å². The van der Waals surface area contributed by atoms with E-state index in [0.29, 0.717) is 23.6 Å². The molecule has 16 heavy (non-hydrogen) atoms. The van der Waals surface area contributed by atoms with E-state index in [0.717, 1.165) is 0 Å². The Morgan fingerprint density at radius 1 is 1.56 bits per heavy atom. The highest BCUT2D eigenvalue weighted by Crippen LogP contribution is 2.20. The molecule has 1 heterocycles. The molecule has 0 bridgehead atoms. The van der Waals surface area contributed by atoms with Crippen molar-refractivity contribution in [2.24, 2.45) is 0 Å². The van der Waals surface area contributed by atoms with E-state index < -0.39 is 0 Å². The molecule has 0 saturated heterocycles. The van der Waals surface area contributed by atoms with Crippen LogP contribution in [0.15, 0.2) is 11.4 Å². The van der Waals surface area contributed by atoms with Crippen molar-refractivity contribution in [1.82, 2.24) is 0 Å². The topological polar surface area (TPSA) is 61.5 Å². The van der Waals surface area contributed by atoms with Gasteiger partial charge >= 0.3 is 5.97 Å². The number of anilines is 1. The van der Waals surface area contributed by atoms with Crippen LogP contribution in [0.3, 0.4) is 0 Å². The smallest absolute Gasteiger partial charge is 0.350 e. The fraction of sp³-hybridized carbons (Fsp3) is 0.545. The van der Waals surface area contributed by atoms with Crippen molar-refractivity contribution in [1.29, 1.82) is 0 Å². The molecule has 0 spiro atoms. The maximum Gasteiger partial charge on any atom is 0.350 e. The molecule has 0 amide bonds. The molecule has 0 fully saturated rings. The summed E-state index contributed by atoms with van der Waals surface area (Å²) >= 11 is 1.29. The van der Waals surface area contributed by atoms with Crippen LogP contribution >= 0.6 is 11.3 Å². The highest BCUT2D eigenvalue weighted by atomic mass is 32.1. The van der Waals surface area contributed by atoms with Crippen LogP contribution in [0, 0.1) is 0 Å². The monoisotopic (exact) mass is 243 g/mol. The van der Waals surface area contributed by atoms with Gasteiger partial charge in [0.2, 0.25) is 0 Å². The Labute approximate surface area is 99.4 Å². The molecule has 2 N–H and O–H groups in total. The minimum absolute atomic E-state index is 0.277. The molecular formula is C11H17NO3S. The third-order valence-electron chi connectivity index (χ3n) is 2.37. The number of carbonyl (C=O) groups excluding carboxylic acids is 1. The van der Waals surface area contributed by atoms with Gasteiger partial charge in [0.25, 0.3) is 0 Å². The second kappa shape index (κ2) is 5.32. The molecule has 5 heteroatoms. The largest absolute Gasteiger partial charge is 0.461 e. The number of ether oxygens (including phenoxy) is 2. The summed E-state index contributed by atoms with van der Waals surface area (Å²) < 4.78 is 10.3. The van der Waals surface area contributed by atoms with Crippen molar-refractivity contribution in [2.45, 2.75) is 25.9 Å². The van der Waals surface area contributed by atoms with Gasteiger partial charge < -0.3 is 15.2 Å². The quantitative estimate of drug-likeness (QED) is 0.806. The maximum atomic E-state index is 11.6. The first-order valence-corrected chi connectivity index (χ1v) is 5.89. The second-order valence-corrected chi connectivity index (χ2v) is 4.97. The summed E-state index contributed by atoms with van der Waals surface area (Å²) in [5.41, 5.74) is 5.81. The van der Waals surface area contributed by atoms with Gasteiger partial charge in [0.15, 0.2) is 0 Å². The van der Waals surface area contributed by atoms with E-state index in [4.69, 9.17) is 15.2 Å². The van der Waals surface area contributed by atoms with Crippen molar-refractivity contribution in [3.05, 3.63) is 16.3 Å². The number of rotatable bonds is 5. The zero-order valence-electron chi connectivity index (χ0n) is 9.78. The fourth-order valence-electron chi connectivity index (χ4n) is 1.04. The number of methoxy groups -OCH3 is 1. The van der Waals surface area contributed by atoms with Crippen LogP contribution in [-0.4, -0.2) is 25.3 Å². The van der Waals surface area contributed by atoms with Gasteiger partial charge in [0.05, 0.1) is 17.9 Å². The van der Waals surface area contributed by atoms with Crippen molar-refractivity contribution >= 4 is 23.0 Å². The summed E-state index contributed by atoms with van der Waals surface area (Å²) in [5.74, 6) is -0.362. The first kappa shape index (κ1) is 13.0. The van der Waals surface area contributed by atoms with Crippen molar-refractivity contribution in [2.75, 3.05) is 19.5 Å². The summed E-state index contributed by atoms with van der Waals surface area (Å²) in [7, 11) is 1.64. The van der Waals surface area contributed by atoms with Crippen LogP contribution in [0.4, 0.5) is 5.69 Å². The van der Waals surface area contributed by atoms with Crippen molar-refractivity contribution in [3.8, 4) is 0 Å². The van der Waals surface area contributed by atoms with E-state index in [2.05, 4.69) is 0 Å². The average molecular weight is 243 g/mol. The van der Waals surface area contributed by atoms with Gasteiger partial charge in [-0.2, -0.15) is 0 Å². The predicted molar refractivity (Wildman–Crippen MR) is 64.7 cm³/mol. The minimum Gasteiger partial charge on any atom is -0.461 e. The number of thiophene rings is 1. The highest BCUT2D eigenvalue weighted by molar-refractivity contribution is 7.12. The lowest BCUT2D eigenvalue weighted by molar-refractivity contribution is -0.00545. The zero-order valence-corrected chi connectivity index (χ0v) is 10.6. The molecule has 0 aromatic carbocycles. The molecule has 90 valence electrons. The summed E-state index contributed by atoms with van der Waals surface area (Å²) in [5, 5.41) is 1.77. The van der Waals surface area contributed by atoms with E-state index >= 15 is 0 Å². The number of hydrogen-bond acceptors (Lipinski definition) is 5. The lowest BCUT2D eigenvalue weighted by Gasteiger charge is -2.22. The second-order valence-electron chi connectivity index (χ2n) is 4.05. The molecule has 0 atom stereocenters. The molecule has 0 aliphatic rings. The van der Waals surface area contributed by atoms with Gasteiger partial charge in [0, 0.05) is 13.5 Å². The standard InChI is InChI=1S/C11H17NO3S/c1-11(2,14-3)5-6-15-10(13)9-8(12)4-7-16-9/h4,7H,5-6,12H2,1-3H3. The summed E-state index contributed by atoms with van der Waals surface area (Å²) in [6.45, 7) is 4.22. The molecule has 4 nitrogen and oxygen atoms in total. The minimum atomic E-state index is -0.362. The van der Waals surface area contributed by atoms with Crippen LogP contribution in [0.2, 0.25) is 0 Å². The van der Waals surface area contributed by atoms with Gasteiger partial charge in [-0.3, -0.25) is 0 Å². The van der Waals surface area contributed by atoms with E-state index in [1.165, 1.54) is 11.3 Å². The van der Waals surface area contributed by atoms with Crippen molar-refractivity contribution in [3.63, 3.8) is 0 Å². The zero-order chi connectivity index (χ0) is 12.2. The Bertz CT molecular complexity index is 360. The highest BCUT2D eigenvalue weighted by Gasteiger charge is 2.18. The molecule has 0 saturated carbocycles. The van der Waals surface area contributed by atoms with Gasteiger partial charge in [0.1, 0.15) is 4.88 Å². The van der Waals surface area contributed by atoms with E-state index in [1.54, 1.807) is 18.6 Å². The van der Waals surface area contributed by atoms with Crippen LogP contribution in [0.5, 0.6) is 0 Å². The van der Waals surface area contributed by atoms with Crippen molar-refractivity contribution < 1.29 is 14.3 Å². The average Bonchev–Trinajstić information content (AvgIpc) is 2.64. The van der Waals surface area contributed by atoms with Gasteiger partial charge in [-0.1, -0.05) is 0 Å². The molecule has 1 rings (SSSR count). The number of hydrogen-bond donors (Lipinski definition) is 1. The molecule has 1 aromatic rings. The lowest BCUT2D eigenvalue weighted by Crippen LogP contribution is -2.25. The van der Waals surface area contributed by atoms with Crippen LogP contribution in [0.25, 0.3) is 0 Å². The Balaban J connectivity index is 2.40. The Kier molecular flexibility index (Phi) is 4.32. The molecule has 0 aliphatic carbocycles. The Morgan fingerprint density at radius 3 is 2.75 bits per heavy atom. The van der Waals surface area contributed by atoms with Gasteiger partial charge in [-0.25, -0.2) is 4.79 Å². The van der Waals surface area contributed by atoms with Gasteiger partial charge in [-0.15, -0.1) is 11.3 Å². The molecule has 0 radical (unpaired) electrons. The third-order valence-corrected chi connectivity index (χ3v) is 3.28. The lowest BCUT2D eigenvalue weighted by atomic mass is 10.1. The molecular weight excluding hydrogens is 226 g/mol. The van der Waals surface area contributed by atoms with E-state index in [-0.39, 0.29) is 11.6 Å².